The number of nitrogens with one attached hydrogen (secondary N) is 1. The molecule has 0 aliphatic carbocycles. The Hall–Kier alpha value is -2.77. The number of hydrogen-bond acceptors (Lipinski definition) is 5. The molecule has 1 saturated heterocycles. The highest BCUT2D eigenvalue weighted by Crippen LogP contribution is 2.24. The molecule has 2 aliphatic rings. The average molecular weight is 462 g/mol. The zero-order chi connectivity index (χ0) is 23.7. The highest BCUT2D eigenvalue weighted by Gasteiger charge is 2.22. The van der Waals surface area contributed by atoms with Gasteiger partial charge >= 0.3 is 0 Å². The van der Waals surface area contributed by atoms with Crippen molar-refractivity contribution < 1.29 is 9.53 Å². The Bertz CT molecular complexity index is 1160. The summed E-state index contributed by atoms with van der Waals surface area (Å²) in [4.78, 5) is 25.2. The van der Waals surface area contributed by atoms with E-state index in [1.54, 1.807) is 0 Å². The third-order valence-corrected chi connectivity index (χ3v) is 6.81. The molecule has 7 heteroatoms. The topological polar surface area (TPSA) is 72.3 Å². The SMILES string of the molecule is Cc1cc(C(=O)NCc2ccc(CN3CC(C)OC(C)C3)cc2)c2nc3n(c2n1)CCCCC3. The maximum Gasteiger partial charge on any atom is 0.253 e. The van der Waals surface area contributed by atoms with Crippen molar-refractivity contribution in [1.29, 1.82) is 0 Å². The summed E-state index contributed by atoms with van der Waals surface area (Å²) in [5.41, 5.74) is 5.41. The maximum atomic E-state index is 13.1. The van der Waals surface area contributed by atoms with Crippen molar-refractivity contribution >= 4 is 17.1 Å². The standard InChI is InChI=1S/C27H35N5O2/c1-18-13-23(25-26(29-18)32-12-6-4-5-7-24(32)30-25)27(33)28-14-21-8-10-22(11-9-21)17-31-15-19(2)34-20(3)16-31/h8-11,13,19-20H,4-7,12,14-17H2,1-3H3,(H,28,33). The van der Waals surface area contributed by atoms with Gasteiger partial charge in [0.05, 0.1) is 17.8 Å². The molecule has 0 radical (unpaired) electrons. The number of aryl methyl sites for hydroxylation is 3. The Morgan fingerprint density at radius 1 is 1.06 bits per heavy atom. The van der Waals surface area contributed by atoms with E-state index in [1.807, 2.05) is 13.0 Å². The fraction of sp³-hybridized carbons (Fsp3) is 0.519. The van der Waals surface area contributed by atoms with Crippen LogP contribution in [-0.4, -0.2) is 50.6 Å². The summed E-state index contributed by atoms with van der Waals surface area (Å²) in [7, 11) is 0. The quantitative estimate of drug-likeness (QED) is 0.622. The lowest BCUT2D eigenvalue weighted by molar-refractivity contribution is -0.0704. The first kappa shape index (κ1) is 23.0. The lowest BCUT2D eigenvalue weighted by atomic mass is 10.1. The molecule has 1 aromatic carbocycles. The van der Waals surface area contributed by atoms with Gasteiger partial charge in [0, 0.05) is 44.8 Å². The van der Waals surface area contributed by atoms with Crippen LogP contribution in [0.3, 0.4) is 0 Å². The molecule has 0 bridgehead atoms. The Balaban J connectivity index is 1.25. The molecule has 2 aromatic heterocycles. The van der Waals surface area contributed by atoms with Crippen LogP contribution in [0.4, 0.5) is 0 Å². The van der Waals surface area contributed by atoms with E-state index in [0.717, 1.165) is 73.7 Å². The summed E-state index contributed by atoms with van der Waals surface area (Å²) in [6.45, 7) is 10.5. The summed E-state index contributed by atoms with van der Waals surface area (Å²) in [6, 6.07) is 10.4. The minimum atomic E-state index is -0.0934. The summed E-state index contributed by atoms with van der Waals surface area (Å²) in [6.07, 6.45) is 4.98. The summed E-state index contributed by atoms with van der Waals surface area (Å²) < 4.78 is 8.04. The molecule has 7 nitrogen and oxygen atoms in total. The van der Waals surface area contributed by atoms with E-state index < -0.39 is 0 Å². The second-order valence-corrected chi connectivity index (χ2v) is 9.92. The minimum absolute atomic E-state index is 0.0934. The maximum absolute atomic E-state index is 13.1. The van der Waals surface area contributed by atoms with Crippen LogP contribution >= 0.6 is 0 Å². The smallest absolute Gasteiger partial charge is 0.253 e. The number of pyridine rings is 1. The van der Waals surface area contributed by atoms with E-state index in [0.29, 0.717) is 12.1 Å². The molecule has 2 aliphatic heterocycles. The second-order valence-electron chi connectivity index (χ2n) is 9.92. The molecular weight excluding hydrogens is 426 g/mol. The highest BCUT2D eigenvalue weighted by atomic mass is 16.5. The van der Waals surface area contributed by atoms with Gasteiger partial charge < -0.3 is 14.6 Å². The molecule has 2 unspecified atom stereocenters. The van der Waals surface area contributed by atoms with Gasteiger partial charge in [-0.1, -0.05) is 30.7 Å². The normalized spacial score (nSPS) is 21.3. The molecule has 3 aromatic rings. The monoisotopic (exact) mass is 461 g/mol. The molecule has 34 heavy (non-hydrogen) atoms. The zero-order valence-electron chi connectivity index (χ0n) is 20.5. The first-order valence-electron chi connectivity index (χ1n) is 12.6. The van der Waals surface area contributed by atoms with Crippen molar-refractivity contribution in [3.63, 3.8) is 0 Å². The number of fused-ring (bicyclic) bond motifs is 3. The van der Waals surface area contributed by atoms with E-state index in [-0.39, 0.29) is 18.1 Å². The molecule has 1 fully saturated rings. The van der Waals surface area contributed by atoms with Crippen molar-refractivity contribution in [2.24, 2.45) is 0 Å². The van der Waals surface area contributed by atoms with Gasteiger partial charge in [0.25, 0.3) is 5.91 Å². The number of ether oxygens (including phenoxy) is 1. The molecule has 0 saturated carbocycles. The summed E-state index contributed by atoms with van der Waals surface area (Å²) in [5.74, 6) is 0.962. The van der Waals surface area contributed by atoms with E-state index in [2.05, 4.69) is 52.9 Å². The van der Waals surface area contributed by atoms with Gasteiger partial charge in [-0.25, -0.2) is 9.97 Å². The van der Waals surface area contributed by atoms with Crippen molar-refractivity contribution in [2.45, 2.75) is 78.3 Å². The van der Waals surface area contributed by atoms with E-state index in [1.165, 1.54) is 12.0 Å². The third-order valence-electron chi connectivity index (χ3n) is 6.81. The Morgan fingerprint density at radius 3 is 2.56 bits per heavy atom. The van der Waals surface area contributed by atoms with Crippen LogP contribution in [0.25, 0.3) is 11.2 Å². The Morgan fingerprint density at radius 2 is 1.79 bits per heavy atom. The number of carbonyl (C=O) groups excluding carboxylic acids is 1. The first-order valence-corrected chi connectivity index (χ1v) is 12.6. The number of carbonyl (C=O) groups is 1. The molecule has 5 rings (SSSR count). The van der Waals surface area contributed by atoms with E-state index in [9.17, 15) is 4.79 Å². The first-order chi connectivity index (χ1) is 16.5. The predicted molar refractivity (Wildman–Crippen MR) is 133 cm³/mol. The Kier molecular flexibility index (Phi) is 6.66. The van der Waals surface area contributed by atoms with Crippen LogP contribution in [0.1, 0.15) is 66.1 Å². The van der Waals surface area contributed by atoms with Gasteiger partial charge in [-0.15, -0.1) is 0 Å². The van der Waals surface area contributed by atoms with Crippen molar-refractivity contribution in [3.8, 4) is 0 Å². The molecule has 180 valence electrons. The largest absolute Gasteiger partial charge is 0.373 e. The summed E-state index contributed by atoms with van der Waals surface area (Å²) >= 11 is 0. The number of hydrogen-bond donors (Lipinski definition) is 1. The number of nitrogens with zero attached hydrogens (tertiary/aromatic N) is 4. The molecule has 1 N–H and O–H groups in total. The number of rotatable bonds is 5. The lowest BCUT2D eigenvalue weighted by Crippen LogP contribution is -2.44. The fourth-order valence-electron chi connectivity index (χ4n) is 5.30. The lowest BCUT2D eigenvalue weighted by Gasteiger charge is -2.35. The van der Waals surface area contributed by atoms with Gasteiger partial charge in [-0.2, -0.15) is 0 Å². The van der Waals surface area contributed by atoms with Crippen LogP contribution in [0.15, 0.2) is 30.3 Å². The van der Waals surface area contributed by atoms with Gasteiger partial charge in [0.15, 0.2) is 5.65 Å². The molecule has 4 heterocycles. The van der Waals surface area contributed by atoms with Crippen LogP contribution in [0, 0.1) is 6.92 Å². The van der Waals surface area contributed by atoms with Crippen LogP contribution in [-0.2, 0) is 30.8 Å². The molecule has 2 atom stereocenters. The van der Waals surface area contributed by atoms with E-state index in [4.69, 9.17) is 14.7 Å². The summed E-state index contributed by atoms with van der Waals surface area (Å²) in [5, 5.41) is 3.10. The molecule has 1 amide bonds. The van der Waals surface area contributed by atoms with Crippen LogP contribution in [0.2, 0.25) is 0 Å². The third kappa shape index (κ3) is 5.00. The second kappa shape index (κ2) is 9.84. The van der Waals surface area contributed by atoms with Crippen LogP contribution < -0.4 is 5.32 Å². The number of imidazole rings is 1. The van der Waals surface area contributed by atoms with Gasteiger partial charge in [0.2, 0.25) is 0 Å². The predicted octanol–water partition coefficient (Wildman–Crippen LogP) is 4.01. The van der Waals surface area contributed by atoms with Gasteiger partial charge in [-0.05, 0) is 50.8 Å². The van der Waals surface area contributed by atoms with Gasteiger partial charge in [0.1, 0.15) is 11.3 Å². The zero-order valence-corrected chi connectivity index (χ0v) is 20.5. The Labute approximate surface area is 201 Å². The average Bonchev–Trinajstić information content (AvgIpc) is 2.98. The number of morpholine rings is 1. The highest BCUT2D eigenvalue weighted by molar-refractivity contribution is 6.04. The molecular formula is C27H35N5O2. The van der Waals surface area contributed by atoms with E-state index >= 15 is 0 Å². The van der Waals surface area contributed by atoms with Crippen molar-refractivity contribution in [3.05, 3.63) is 58.5 Å². The van der Waals surface area contributed by atoms with Crippen LogP contribution in [0.5, 0.6) is 0 Å². The van der Waals surface area contributed by atoms with Crippen molar-refractivity contribution in [2.75, 3.05) is 13.1 Å². The number of amides is 1. The number of aromatic nitrogens is 3. The van der Waals surface area contributed by atoms with Gasteiger partial charge in [-0.3, -0.25) is 9.69 Å². The fourth-order valence-corrected chi connectivity index (χ4v) is 5.30. The van der Waals surface area contributed by atoms with Crippen molar-refractivity contribution in [1.82, 2.24) is 24.8 Å². The minimum Gasteiger partial charge on any atom is -0.373 e. The number of benzene rings is 1. The molecule has 0 spiro atoms.